The summed E-state index contributed by atoms with van der Waals surface area (Å²) in [6.07, 6.45) is 3.11. The number of hydrogen-bond acceptors (Lipinski definition) is 10. The van der Waals surface area contributed by atoms with Crippen LogP contribution in [0, 0.1) is 11.3 Å². The van der Waals surface area contributed by atoms with E-state index in [0.717, 1.165) is 44.7 Å². The van der Waals surface area contributed by atoms with Crippen LogP contribution >= 0.6 is 11.3 Å². The van der Waals surface area contributed by atoms with E-state index in [9.17, 15) is 19.2 Å². The molecule has 2 N–H and O–H groups in total. The topological polar surface area (TPSA) is 151 Å². The summed E-state index contributed by atoms with van der Waals surface area (Å²) in [5.41, 5.74) is 9.26. The number of likely N-dealkylation sites (N-methyl/N-ethyl adjacent to an activating group) is 1. The number of aromatic nitrogens is 3. The Morgan fingerprint density at radius 1 is 1.15 bits per heavy atom. The molecule has 4 atom stereocenters. The van der Waals surface area contributed by atoms with Crippen molar-refractivity contribution >= 4 is 56.3 Å². The number of nitrogens with zero attached hydrogens (tertiary/aromatic N) is 6. The van der Waals surface area contributed by atoms with Gasteiger partial charge in [0.1, 0.15) is 17.2 Å². The molecular weight excluding hydrogens is 797 g/mol. The van der Waals surface area contributed by atoms with Crippen LogP contribution in [0.15, 0.2) is 41.9 Å². The normalized spacial score (nSPS) is 20.7. The number of aryl methyl sites for hydroxylation is 1. The van der Waals surface area contributed by atoms with E-state index in [4.69, 9.17) is 19.4 Å². The molecule has 321 valence electrons. The summed E-state index contributed by atoms with van der Waals surface area (Å²) in [6.45, 7) is 15.5. The number of fused-ring (bicyclic) bond motifs is 6. The SMILES string of the molecule is CCN(C)C(=O)N(C)[C@H](C(=O)N[C@@]1([Si])Cc2nc(cs2)-c2ccc3c(c2)c(c(-c2cccnc2[C@H](C)OC)n3CC)CC(C)(C)COC(=O)[C@@H]2CCCN(N2)C1=O)C(C)C. The highest BCUT2D eigenvalue weighted by Crippen LogP contribution is 2.42. The zero-order valence-corrected chi connectivity index (χ0v) is 38.4. The predicted octanol–water partition coefficient (Wildman–Crippen LogP) is 5.73. The van der Waals surface area contributed by atoms with Crippen LogP contribution in [0.25, 0.3) is 33.4 Å². The highest BCUT2D eigenvalue weighted by molar-refractivity contribution is 7.10. The lowest BCUT2D eigenvalue weighted by Gasteiger charge is -2.41. The zero-order chi connectivity index (χ0) is 43.7. The van der Waals surface area contributed by atoms with Gasteiger partial charge in [-0.1, -0.05) is 33.8 Å². The Balaban J connectivity index is 1.49. The minimum Gasteiger partial charge on any atom is -0.464 e. The molecule has 6 rings (SSSR count). The van der Waals surface area contributed by atoms with Gasteiger partial charge in [-0.15, -0.1) is 11.3 Å². The number of carbonyl (C=O) groups excluding carboxylic acids is 4. The van der Waals surface area contributed by atoms with E-state index in [1.807, 2.05) is 39.1 Å². The van der Waals surface area contributed by atoms with E-state index in [1.165, 1.54) is 26.1 Å². The maximum atomic E-state index is 14.7. The maximum absolute atomic E-state index is 14.7. The second-order valence-corrected chi connectivity index (χ2v) is 18.9. The van der Waals surface area contributed by atoms with Crippen molar-refractivity contribution in [3.63, 3.8) is 0 Å². The molecule has 60 heavy (non-hydrogen) atoms. The molecule has 1 saturated heterocycles. The van der Waals surface area contributed by atoms with E-state index in [0.29, 0.717) is 43.9 Å². The average molecular weight is 856 g/mol. The van der Waals surface area contributed by atoms with Crippen LogP contribution in [0.1, 0.15) is 83.7 Å². The Bertz CT molecular complexity index is 2240. The molecule has 2 aliphatic rings. The highest BCUT2D eigenvalue weighted by Gasteiger charge is 2.44. The molecule has 0 aliphatic carbocycles. The minimum atomic E-state index is -1.70. The smallest absolute Gasteiger partial charge is 0.324 e. The van der Waals surface area contributed by atoms with Crippen LogP contribution in [0.5, 0.6) is 0 Å². The summed E-state index contributed by atoms with van der Waals surface area (Å²) in [5.74, 6) is -1.75. The number of carbonyl (C=O) groups is 4. The fraction of sp³-hybridized carbons (Fsp3) is 0.545. The Morgan fingerprint density at radius 2 is 1.90 bits per heavy atom. The Hall–Kier alpha value is -4.64. The third kappa shape index (κ3) is 9.02. The molecular formula is C44H59N8O6SSi. The van der Waals surface area contributed by atoms with E-state index in [1.54, 1.807) is 27.4 Å². The molecule has 0 unspecified atom stereocenters. The summed E-state index contributed by atoms with van der Waals surface area (Å²) in [6, 6.07) is 8.40. The third-order valence-corrected chi connectivity index (χ3v) is 13.0. The number of hydrazine groups is 1. The van der Waals surface area contributed by atoms with Crippen molar-refractivity contribution < 1.29 is 28.7 Å². The van der Waals surface area contributed by atoms with Gasteiger partial charge in [0, 0.05) is 86.3 Å². The van der Waals surface area contributed by atoms with Gasteiger partial charge < -0.3 is 29.2 Å². The summed E-state index contributed by atoms with van der Waals surface area (Å²) in [7, 11) is 8.74. The molecule has 1 fully saturated rings. The number of amides is 4. The van der Waals surface area contributed by atoms with Crippen molar-refractivity contribution in [2.24, 2.45) is 11.3 Å². The minimum absolute atomic E-state index is 0.0106. The Kier molecular flexibility index (Phi) is 13.6. The van der Waals surface area contributed by atoms with Crippen molar-refractivity contribution in [1.29, 1.82) is 0 Å². The zero-order valence-electron chi connectivity index (χ0n) is 36.5. The number of esters is 1. The lowest BCUT2D eigenvalue weighted by molar-refractivity contribution is -0.156. The molecule has 2 aliphatic heterocycles. The number of methoxy groups -OCH3 is 1. The first-order chi connectivity index (χ1) is 28.4. The predicted molar refractivity (Wildman–Crippen MR) is 234 cm³/mol. The monoisotopic (exact) mass is 855 g/mol. The van der Waals surface area contributed by atoms with E-state index < -0.39 is 40.4 Å². The number of urea groups is 1. The fourth-order valence-corrected chi connectivity index (χ4v) is 9.78. The molecule has 4 aromatic rings. The standard InChI is InChI=1S/C44H59N8O6SSi/c1-11-49(8)42(56)50(9)37(26(3)4)39(53)47-44(60)23-35-46-33(24-59-35)28-17-18-34-30(21-28)31(38(51(34)12-2)29-15-13-19-45-36(29)27(5)57-10)22-43(6,7)25-58-40(54)32-16-14-20-52(48-32)41(44)55/h13,15,17-19,21,24,26-27,32,37,48H,11-12,14,16,20,22-23,25H2,1-10H3,(H,47,53)/t27-,32-,37-,44+/m0/s1. The van der Waals surface area contributed by atoms with Crippen molar-refractivity contribution in [2.75, 3.05) is 40.9 Å². The van der Waals surface area contributed by atoms with Crippen molar-refractivity contribution in [1.82, 2.24) is 40.1 Å². The van der Waals surface area contributed by atoms with Gasteiger partial charge >= 0.3 is 12.0 Å². The second-order valence-electron chi connectivity index (χ2n) is 17.1. The van der Waals surface area contributed by atoms with Gasteiger partial charge in [0.25, 0.3) is 5.91 Å². The first-order valence-electron chi connectivity index (χ1n) is 20.8. The first-order valence-corrected chi connectivity index (χ1v) is 22.2. The number of benzene rings is 1. The largest absolute Gasteiger partial charge is 0.464 e. The Labute approximate surface area is 360 Å². The molecule has 5 heterocycles. The van der Waals surface area contributed by atoms with Gasteiger partial charge in [0.15, 0.2) is 0 Å². The molecule has 3 radical (unpaired) electrons. The molecule has 6 bridgehead atoms. The lowest BCUT2D eigenvalue weighted by Crippen LogP contribution is -2.68. The average Bonchev–Trinajstić information content (AvgIpc) is 3.82. The van der Waals surface area contributed by atoms with Crippen LogP contribution < -0.4 is 10.7 Å². The lowest BCUT2D eigenvalue weighted by atomic mass is 9.84. The molecule has 3 aromatic heterocycles. The number of nitrogens with one attached hydrogen (secondary N) is 2. The number of pyridine rings is 1. The third-order valence-electron chi connectivity index (χ3n) is 11.7. The molecule has 14 nitrogen and oxygen atoms in total. The van der Waals surface area contributed by atoms with E-state index in [2.05, 4.69) is 70.6 Å². The van der Waals surface area contributed by atoms with Crippen LogP contribution in [-0.2, 0) is 43.2 Å². The quantitative estimate of drug-likeness (QED) is 0.159. The van der Waals surface area contributed by atoms with E-state index >= 15 is 0 Å². The highest BCUT2D eigenvalue weighted by atomic mass is 32.1. The van der Waals surface area contributed by atoms with Gasteiger partial charge in [-0.2, -0.15) is 0 Å². The number of cyclic esters (lactones) is 1. The van der Waals surface area contributed by atoms with Gasteiger partial charge in [-0.25, -0.2) is 15.2 Å². The van der Waals surface area contributed by atoms with Crippen LogP contribution in [0.2, 0.25) is 0 Å². The maximum Gasteiger partial charge on any atom is 0.324 e. The molecule has 16 heteroatoms. The molecule has 1 aromatic carbocycles. The van der Waals surface area contributed by atoms with Crippen molar-refractivity contribution in [2.45, 2.75) is 104 Å². The summed E-state index contributed by atoms with van der Waals surface area (Å²) in [5, 5.41) is 6.30. The number of thiazole rings is 1. The van der Waals surface area contributed by atoms with Gasteiger partial charge in [-0.05, 0) is 75.8 Å². The summed E-state index contributed by atoms with van der Waals surface area (Å²) < 4.78 is 14.2. The van der Waals surface area contributed by atoms with Crippen molar-refractivity contribution in [3.8, 4) is 22.5 Å². The number of hydrogen-bond donors (Lipinski definition) is 2. The second kappa shape index (κ2) is 18.1. The van der Waals surface area contributed by atoms with Gasteiger partial charge in [0.2, 0.25) is 5.91 Å². The first kappa shape index (κ1) is 44.9. The van der Waals surface area contributed by atoms with E-state index in [-0.39, 0.29) is 31.1 Å². The van der Waals surface area contributed by atoms with Crippen molar-refractivity contribution in [3.05, 3.63) is 58.2 Å². The number of ether oxygens (including phenoxy) is 2. The molecule has 0 saturated carbocycles. The summed E-state index contributed by atoms with van der Waals surface area (Å²) in [4.78, 5) is 69.0. The number of rotatable bonds is 9. The van der Waals surface area contributed by atoms with Crippen LogP contribution in [0.3, 0.4) is 0 Å². The molecule has 0 spiro atoms. The summed E-state index contributed by atoms with van der Waals surface area (Å²) >= 11 is 1.39. The Morgan fingerprint density at radius 3 is 2.58 bits per heavy atom. The molecule has 4 amide bonds. The fourth-order valence-electron chi connectivity index (χ4n) is 8.34. The van der Waals surface area contributed by atoms with Gasteiger partial charge in [-0.3, -0.25) is 24.4 Å². The van der Waals surface area contributed by atoms with Crippen LogP contribution in [0.4, 0.5) is 4.79 Å². The van der Waals surface area contributed by atoms with Gasteiger partial charge in [0.05, 0.1) is 45.0 Å². The van der Waals surface area contributed by atoms with Crippen LogP contribution in [-0.4, -0.2) is 122 Å².